The number of hydrogen-bond acceptors (Lipinski definition) is 5. The number of amides is 2. The number of ether oxygens (including phenoxy) is 1. The molecule has 0 spiro atoms. The van der Waals surface area contributed by atoms with Crippen molar-refractivity contribution >= 4 is 11.8 Å². The first-order valence-corrected chi connectivity index (χ1v) is 12.4. The fourth-order valence-corrected chi connectivity index (χ4v) is 4.41. The molecule has 2 amide bonds. The smallest absolute Gasteiger partial charge is 0.405 e. The van der Waals surface area contributed by atoms with Crippen LogP contribution in [0.25, 0.3) is 0 Å². The van der Waals surface area contributed by atoms with Crippen LogP contribution in [-0.2, 0) is 13.1 Å². The highest BCUT2D eigenvalue weighted by Gasteiger charge is 2.32. The van der Waals surface area contributed by atoms with Gasteiger partial charge in [0, 0.05) is 29.8 Å². The van der Waals surface area contributed by atoms with E-state index in [0.29, 0.717) is 5.56 Å². The normalized spacial score (nSPS) is 14.0. The van der Waals surface area contributed by atoms with Crippen LogP contribution in [0.15, 0.2) is 64.2 Å². The van der Waals surface area contributed by atoms with Crippen molar-refractivity contribution in [1.82, 2.24) is 20.2 Å². The Morgan fingerprint density at radius 2 is 1.69 bits per heavy atom. The highest BCUT2D eigenvalue weighted by Crippen LogP contribution is 2.28. The highest BCUT2D eigenvalue weighted by atomic mass is 19.4. The van der Waals surface area contributed by atoms with E-state index in [2.05, 4.69) is 20.4 Å². The molecule has 1 heterocycles. The maximum atomic E-state index is 13.1. The van der Waals surface area contributed by atoms with Gasteiger partial charge in [0.05, 0.1) is 6.54 Å². The second-order valence-corrected chi connectivity index (χ2v) is 9.26. The first-order chi connectivity index (χ1) is 18.6. The van der Waals surface area contributed by atoms with Crippen LogP contribution in [-0.4, -0.2) is 33.8 Å². The summed E-state index contributed by atoms with van der Waals surface area (Å²) in [5, 5.41) is 5.21. The number of hydrogen-bond donors (Lipinski definition) is 3. The molecule has 4 rings (SSSR count). The van der Waals surface area contributed by atoms with Crippen LogP contribution in [0.4, 0.5) is 13.2 Å². The second kappa shape index (κ2) is 12.0. The van der Waals surface area contributed by atoms with Gasteiger partial charge in [0.25, 0.3) is 17.4 Å². The van der Waals surface area contributed by atoms with Crippen molar-refractivity contribution < 1.29 is 27.5 Å². The molecule has 1 saturated carbocycles. The lowest BCUT2D eigenvalue weighted by molar-refractivity contribution is -0.274. The van der Waals surface area contributed by atoms with Gasteiger partial charge in [0.15, 0.2) is 0 Å². The summed E-state index contributed by atoms with van der Waals surface area (Å²) < 4.78 is 44.3. The molecule has 0 bridgehead atoms. The standard InChI is InChI=1S/C27H27F3N4O5/c28-27(29,30)39-22-13-18(24(36)32-20-9-5-2-6-10-20)11-12-19(22)15-31-25(37)21-14-23(35)34(26(38)33-21)16-17-7-3-1-4-8-17/h1,3-4,7-8,11-14,20H,2,5-6,9-10,15-16H2,(H,31,37)(H,32,36)(H,33,38). The molecular weight excluding hydrogens is 517 g/mol. The number of carbonyl (C=O) groups excluding carboxylic acids is 2. The minimum atomic E-state index is -5.04. The lowest BCUT2D eigenvalue weighted by atomic mass is 9.95. The molecule has 206 valence electrons. The van der Waals surface area contributed by atoms with Crippen molar-refractivity contribution in [3.63, 3.8) is 0 Å². The minimum Gasteiger partial charge on any atom is -0.405 e. The molecule has 3 N–H and O–H groups in total. The molecule has 1 fully saturated rings. The molecule has 12 heteroatoms. The molecule has 0 unspecified atom stereocenters. The van der Waals surface area contributed by atoms with Crippen LogP contribution in [0, 0.1) is 0 Å². The molecule has 1 aliphatic carbocycles. The van der Waals surface area contributed by atoms with E-state index < -0.39 is 41.7 Å². The predicted molar refractivity (Wildman–Crippen MR) is 136 cm³/mol. The van der Waals surface area contributed by atoms with Gasteiger partial charge in [0.2, 0.25) is 0 Å². The van der Waals surface area contributed by atoms with Gasteiger partial charge in [-0.2, -0.15) is 0 Å². The van der Waals surface area contributed by atoms with Gasteiger partial charge in [-0.1, -0.05) is 55.7 Å². The van der Waals surface area contributed by atoms with Gasteiger partial charge in [0.1, 0.15) is 11.4 Å². The number of H-pyrrole nitrogens is 1. The molecule has 2 aromatic carbocycles. The fourth-order valence-electron chi connectivity index (χ4n) is 4.41. The molecule has 1 aliphatic rings. The molecule has 0 aliphatic heterocycles. The molecule has 0 radical (unpaired) electrons. The van der Waals surface area contributed by atoms with Gasteiger partial charge in [-0.15, -0.1) is 13.2 Å². The average molecular weight is 545 g/mol. The Bertz CT molecular complexity index is 1410. The van der Waals surface area contributed by atoms with Crippen molar-refractivity contribution in [3.8, 4) is 5.75 Å². The van der Waals surface area contributed by atoms with Crippen molar-refractivity contribution in [2.24, 2.45) is 0 Å². The van der Waals surface area contributed by atoms with Crippen molar-refractivity contribution in [3.05, 3.63) is 97.8 Å². The SMILES string of the molecule is O=C(NC1CCCCC1)c1ccc(CNC(=O)c2cc(=O)n(Cc3ccccc3)c(=O)[nH]2)c(OC(F)(F)F)c1. The Labute approximate surface area is 221 Å². The maximum absolute atomic E-state index is 13.1. The molecule has 3 aromatic rings. The van der Waals surface area contributed by atoms with E-state index in [9.17, 15) is 32.3 Å². The van der Waals surface area contributed by atoms with E-state index in [4.69, 9.17) is 0 Å². The third kappa shape index (κ3) is 7.59. The summed E-state index contributed by atoms with van der Waals surface area (Å²) in [5.74, 6) is -2.04. The Morgan fingerprint density at radius 3 is 2.36 bits per heavy atom. The maximum Gasteiger partial charge on any atom is 0.573 e. The minimum absolute atomic E-state index is 0.00425. The summed E-state index contributed by atoms with van der Waals surface area (Å²) >= 11 is 0. The summed E-state index contributed by atoms with van der Waals surface area (Å²) in [4.78, 5) is 52.5. The lowest BCUT2D eigenvalue weighted by Gasteiger charge is -2.23. The quantitative estimate of drug-likeness (QED) is 0.401. The largest absolute Gasteiger partial charge is 0.573 e. The first-order valence-electron chi connectivity index (χ1n) is 12.4. The molecule has 39 heavy (non-hydrogen) atoms. The van der Waals surface area contributed by atoms with Gasteiger partial charge in [-0.3, -0.25) is 19.0 Å². The van der Waals surface area contributed by atoms with Crippen LogP contribution in [0.3, 0.4) is 0 Å². The Hall–Kier alpha value is -4.35. The Balaban J connectivity index is 1.48. The van der Waals surface area contributed by atoms with Crippen LogP contribution >= 0.6 is 0 Å². The van der Waals surface area contributed by atoms with E-state index in [1.54, 1.807) is 30.3 Å². The van der Waals surface area contributed by atoms with Crippen LogP contribution < -0.4 is 26.6 Å². The third-order valence-corrected chi connectivity index (χ3v) is 6.38. The number of benzene rings is 2. The lowest BCUT2D eigenvalue weighted by Crippen LogP contribution is -2.38. The monoisotopic (exact) mass is 544 g/mol. The number of halogens is 3. The van der Waals surface area contributed by atoms with E-state index >= 15 is 0 Å². The average Bonchev–Trinajstić information content (AvgIpc) is 2.90. The topological polar surface area (TPSA) is 122 Å². The third-order valence-electron chi connectivity index (χ3n) is 6.38. The number of aromatic amines is 1. The molecule has 0 saturated heterocycles. The van der Waals surface area contributed by atoms with Gasteiger partial charge >= 0.3 is 12.1 Å². The number of carbonyl (C=O) groups is 2. The summed E-state index contributed by atoms with van der Waals surface area (Å²) in [7, 11) is 0. The van der Waals surface area contributed by atoms with Gasteiger partial charge in [-0.05, 0) is 30.5 Å². The van der Waals surface area contributed by atoms with E-state index in [-0.39, 0.29) is 29.4 Å². The van der Waals surface area contributed by atoms with Crippen molar-refractivity contribution in [1.29, 1.82) is 0 Å². The number of alkyl halides is 3. The van der Waals surface area contributed by atoms with E-state index in [1.165, 1.54) is 12.1 Å². The molecular formula is C27H27F3N4O5. The summed E-state index contributed by atoms with van der Waals surface area (Å²) in [5.41, 5.74) is -1.25. The van der Waals surface area contributed by atoms with E-state index in [0.717, 1.165) is 48.8 Å². The van der Waals surface area contributed by atoms with Crippen molar-refractivity contribution in [2.75, 3.05) is 0 Å². The van der Waals surface area contributed by atoms with Gasteiger partial charge < -0.3 is 20.4 Å². The second-order valence-electron chi connectivity index (χ2n) is 9.26. The summed E-state index contributed by atoms with van der Waals surface area (Å²) in [6.45, 7) is -0.431. The predicted octanol–water partition coefficient (Wildman–Crippen LogP) is 3.48. The molecule has 1 aromatic heterocycles. The molecule has 9 nitrogen and oxygen atoms in total. The van der Waals surface area contributed by atoms with Crippen LogP contribution in [0.1, 0.15) is 64.1 Å². The number of nitrogens with zero attached hydrogens (tertiary/aromatic N) is 1. The zero-order valence-corrected chi connectivity index (χ0v) is 20.8. The fraction of sp³-hybridized carbons (Fsp3) is 0.333. The van der Waals surface area contributed by atoms with Gasteiger partial charge in [-0.25, -0.2) is 4.79 Å². The number of nitrogens with one attached hydrogen (secondary N) is 3. The first kappa shape index (κ1) is 27.7. The molecule has 0 atom stereocenters. The number of aromatic nitrogens is 2. The van der Waals surface area contributed by atoms with Crippen LogP contribution in [0.2, 0.25) is 0 Å². The summed E-state index contributed by atoms with van der Waals surface area (Å²) in [6.07, 6.45) is -0.400. The van der Waals surface area contributed by atoms with Crippen LogP contribution in [0.5, 0.6) is 5.75 Å². The zero-order chi connectivity index (χ0) is 28.0. The Kier molecular flexibility index (Phi) is 8.52. The number of rotatable bonds is 8. The van der Waals surface area contributed by atoms with Crippen molar-refractivity contribution in [2.45, 2.75) is 57.6 Å². The van der Waals surface area contributed by atoms with E-state index in [1.807, 2.05) is 0 Å². The Morgan fingerprint density at radius 1 is 0.974 bits per heavy atom. The summed E-state index contributed by atoms with van der Waals surface area (Å²) in [6, 6.07) is 13.2. The highest BCUT2D eigenvalue weighted by molar-refractivity contribution is 5.95. The zero-order valence-electron chi connectivity index (χ0n) is 20.8.